The standard InChI is InChI=1S/C12H12BrFN2O4S/c1-6(2)11(12(17)18)16-21(19,20)10-4-8(13)7(5-15)3-9(10)14/h3-4,6,11,16H,1-2H3,(H,17,18)/t11-/m0/s1. The molecule has 0 fully saturated rings. The zero-order valence-corrected chi connectivity index (χ0v) is 13.5. The van der Waals surface area contributed by atoms with Gasteiger partial charge in [-0.3, -0.25) is 4.79 Å². The number of nitrogens with one attached hydrogen (secondary N) is 1. The van der Waals surface area contributed by atoms with E-state index in [1.807, 2.05) is 4.72 Å². The van der Waals surface area contributed by atoms with Crippen molar-refractivity contribution in [2.45, 2.75) is 24.8 Å². The summed E-state index contributed by atoms with van der Waals surface area (Å²) in [6.07, 6.45) is 0. The third kappa shape index (κ3) is 4.00. The number of aliphatic carboxylic acids is 1. The van der Waals surface area contributed by atoms with Crippen LogP contribution < -0.4 is 4.72 Å². The Morgan fingerprint density at radius 3 is 2.48 bits per heavy atom. The Morgan fingerprint density at radius 2 is 2.05 bits per heavy atom. The molecule has 0 aliphatic heterocycles. The summed E-state index contributed by atoms with van der Waals surface area (Å²) in [6.45, 7) is 3.04. The molecule has 0 aliphatic rings. The summed E-state index contributed by atoms with van der Waals surface area (Å²) in [4.78, 5) is 10.3. The van der Waals surface area contributed by atoms with Crippen LogP contribution in [0, 0.1) is 23.1 Å². The molecule has 1 atom stereocenters. The van der Waals surface area contributed by atoms with Gasteiger partial charge < -0.3 is 5.11 Å². The minimum atomic E-state index is -4.37. The number of nitrogens with zero attached hydrogens (tertiary/aromatic N) is 1. The molecule has 0 radical (unpaired) electrons. The Balaban J connectivity index is 3.29. The van der Waals surface area contributed by atoms with Crippen LogP contribution in [0.2, 0.25) is 0 Å². The van der Waals surface area contributed by atoms with E-state index in [2.05, 4.69) is 15.9 Å². The predicted octanol–water partition coefficient (Wildman–Crippen LogP) is 1.85. The van der Waals surface area contributed by atoms with E-state index in [1.165, 1.54) is 13.8 Å². The fourth-order valence-electron chi connectivity index (χ4n) is 1.52. The molecule has 0 aliphatic carbocycles. The van der Waals surface area contributed by atoms with Crippen LogP contribution >= 0.6 is 15.9 Å². The summed E-state index contributed by atoms with van der Waals surface area (Å²) < 4.78 is 40.1. The fourth-order valence-corrected chi connectivity index (χ4v) is 3.53. The molecule has 9 heteroatoms. The number of rotatable bonds is 5. The van der Waals surface area contributed by atoms with E-state index < -0.39 is 38.7 Å². The SMILES string of the molecule is CC(C)[C@H](NS(=O)(=O)c1cc(Br)c(C#N)cc1F)C(=O)O. The van der Waals surface area contributed by atoms with Gasteiger partial charge >= 0.3 is 5.97 Å². The summed E-state index contributed by atoms with van der Waals surface area (Å²) in [6, 6.07) is 2.00. The number of carboxylic acid groups (broad SMARTS) is 1. The van der Waals surface area contributed by atoms with Crippen molar-refractivity contribution in [2.75, 3.05) is 0 Å². The second kappa shape index (κ2) is 6.51. The van der Waals surface area contributed by atoms with Crippen molar-refractivity contribution in [3.63, 3.8) is 0 Å². The zero-order valence-electron chi connectivity index (χ0n) is 11.1. The number of nitriles is 1. The molecule has 0 amide bonds. The van der Waals surface area contributed by atoms with Crippen LogP contribution in [0.15, 0.2) is 21.5 Å². The molecule has 0 bridgehead atoms. The van der Waals surface area contributed by atoms with Crippen LogP contribution in [0.4, 0.5) is 4.39 Å². The molecule has 114 valence electrons. The van der Waals surface area contributed by atoms with Gasteiger partial charge in [0.1, 0.15) is 22.8 Å². The normalized spacial score (nSPS) is 13.0. The van der Waals surface area contributed by atoms with Gasteiger partial charge in [-0.1, -0.05) is 13.8 Å². The molecular formula is C12H12BrFN2O4S. The molecule has 0 heterocycles. The quantitative estimate of drug-likeness (QED) is 0.812. The van der Waals surface area contributed by atoms with Crippen molar-refractivity contribution >= 4 is 31.9 Å². The first-order chi connectivity index (χ1) is 9.60. The van der Waals surface area contributed by atoms with Gasteiger partial charge in [0.05, 0.1) is 5.56 Å². The molecule has 0 aromatic heterocycles. The number of hydrogen-bond donors (Lipinski definition) is 2. The maximum atomic E-state index is 13.8. The van der Waals surface area contributed by atoms with E-state index in [9.17, 15) is 17.6 Å². The van der Waals surface area contributed by atoms with E-state index >= 15 is 0 Å². The minimum absolute atomic E-state index is 0.0647. The highest BCUT2D eigenvalue weighted by molar-refractivity contribution is 9.10. The first-order valence-corrected chi connectivity index (χ1v) is 8.02. The predicted molar refractivity (Wildman–Crippen MR) is 75.4 cm³/mol. The molecular weight excluding hydrogens is 367 g/mol. The summed E-state index contributed by atoms with van der Waals surface area (Å²) in [5.74, 6) is -3.01. The molecule has 0 saturated heterocycles. The average Bonchev–Trinajstić information content (AvgIpc) is 2.37. The maximum Gasteiger partial charge on any atom is 0.322 e. The third-order valence-corrected chi connectivity index (χ3v) is 4.76. The first-order valence-electron chi connectivity index (χ1n) is 5.74. The monoisotopic (exact) mass is 378 g/mol. The Kier molecular flexibility index (Phi) is 5.44. The van der Waals surface area contributed by atoms with E-state index in [0.29, 0.717) is 0 Å². The van der Waals surface area contributed by atoms with Gasteiger partial charge in [-0.15, -0.1) is 0 Å². The van der Waals surface area contributed by atoms with Gasteiger partial charge in [-0.2, -0.15) is 9.98 Å². The Hall–Kier alpha value is -1.50. The van der Waals surface area contributed by atoms with Crippen molar-refractivity contribution in [3.8, 4) is 6.07 Å². The lowest BCUT2D eigenvalue weighted by molar-refractivity contribution is -0.140. The van der Waals surface area contributed by atoms with Gasteiger partial charge in [0, 0.05) is 4.47 Å². The van der Waals surface area contributed by atoms with Crippen LogP contribution in [0.1, 0.15) is 19.4 Å². The molecule has 1 rings (SSSR count). The highest BCUT2D eigenvalue weighted by atomic mass is 79.9. The highest BCUT2D eigenvalue weighted by Crippen LogP contribution is 2.24. The third-order valence-electron chi connectivity index (χ3n) is 2.65. The van der Waals surface area contributed by atoms with Crippen molar-refractivity contribution < 1.29 is 22.7 Å². The number of sulfonamides is 1. The molecule has 1 aromatic carbocycles. The maximum absolute atomic E-state index is 13.8. The Labute approximate surface area is 129 Å². The minimum Gasteiger partial charge on any atom is -0.480 e. The van der Waals surface area contributed by atoms with Gasteiger partial charge in [0.25, 0.3) is 0 Å². The Bertz CT molecular complexity index is 713. The number of hydrogen-bond acceptors (Lipinski definition) is 4. The number of carbonyl (C=O) groups is 1. The van der Waals surface area contributed by atoms with Crippen LogP contribution in [0.3, 0.4) is 0 Å². The van der Waals surface area contributed by atoms with Crippen LogP contribution in [-0.2, 0) is 14.8 Å². The average molecular weight is 379 g/mol. The lowest BCUT2D eigenvalue weighted by Crippen LogP contribution is -2.44. The summed E-state index contributed by atoms with van der Waals surface area (Å²) in [5.41, 5.74) is -0.0647. The molecule has 0 unspecified atom stereocenters. The Morgan fingerprint density at radius 1 is 1.48 bits per heavy atom. The number of benzene rings is 1. The molecule has 1 aromatic rings. The molecule has 0 saturated carbocycles. The van der Waals surface area contributed by atoms with E-state index in [1.54, 1.807) is 6.07 Å². The molecule has 21 heavy (non-hydrogen) atoms. The van der Waals surface area contributed by atoms with Crippen molar-refractivity contribution in [1.29, 1.82) is 5.26 Å². The van der Waals surface area contributed by atoms with Gasteiger partial charge in [-0.25, -0.2) is 12.8 Å². The zero-order chi connectivity index (χ0) is 16.4. The molecule has 0 spiro atoms. The second-order valence-corrected chi connectivity index (χ2v) is 7.09. The topological polar surface area (TPSA) is 107 Å². The highest BCUT2D eigenvalue weighted by Gasteiger charge is 2.30. The first kappa shape index (κ1) is 17.6. The summed E-state index contributed by atoms with van der Waals surface area (Å²) in [5, 5.41) is 17.7. The number of halogens is 2. The van der Waals surface area contributed by atoms with Crippen molar-refractivity contribution in [3.05, 3.63) is 28.0 Å². The van der Waals surface area contributed by atoms with Gasteiger partial charge in [-0.05, 0) is 34.0 Å². The second-order valence-electron chi connectivity index (χ2n) is 4.56. The van der Waals surface area contributed by atoms with Crippen LogP contribution in [-0.4, -0.2) is 25.5 Å². The van der Waals surface area contributed by atoms with Gasteiger partial charge in [0.15, 0.2) is 0 Å². The van der Waals surface area contributed by atoms with E-state index in [-0.39, 0.29) is 10.0 Å². The van der Waals surface area contributed by atoms with E-state index in [0.717, 1.165) is 12.1 Å². The molecule has 6 nitrogen and oxygen atoms in total. The molecule has 2 N–H and O–H groups in total. The van der Waals surface area contributed by atoms with E-state index in [4.69, 9.17) is 10.4 Å². The lowest BCUT2D eigenvalue weighted by atomic mass is 10.1. The van der Waals surface area contributed by atoms with Gasteiger partial charge in [0.2, 0.25) is 10.0 Å². The lowest BCUT2D eigenvalue weighted by Gasteiger charge is -2.18. The number of carboxylic acids is 1. The summed E-state index contributed by atoms with van der Waals surface area (Å²) in [7, 11) is -4.37. The fraction of sp³-hybridized carbons (Fsp3) is 0.333. The largest absolute Gasteiger partial charge is 0.480 e. The van der Waals surface area contributed by atoms with Crippen LogP contribution in [0.25, 0.3) is 0 Å². The van der Waals surface area contributed by atoms with Crippen molar-refractivity contribution in [2.24, 2.45) is 5.92 Å². The van der Waals surface area contributed by atoms with Crippen LogP contribution in [0.5, 0.6) is 0 Å². The summed E-state index contributed by atoms with van der Waals surface area (Å²) >= 11 is 2.96. The van der Waals surface area contributed by atoms with Crippen molar-refractivity contribution in [1.82, 2.24) is 4.72 Å². The smallest absolute Gasteiger partial charge is 0.322 e.